The molecule has 1 heterocycles. The predicted octanol–water partition coefficient (Wildman–Crippen LogP) is 0.358. The third-order valence-corrected chi connectivity index (χ3v) is 2.92. The van der Waals surface area contributed by atoms with Crippen LogP contribution < -0.4 is 5.32 Å². The van der Waals surface area contributed by atoms with Crippen LogP contribution in [-0.2, 0) is 4.79 Å². The van der Waals surface area contributed by atoms with Gasteiger partial charge in [0.2, 0.25) is 5.91 Å². The van der Waals surface area contributed by atoms with Gasteiger partial charge in [0.15, 0.2) is 0 Å². The number of hydrogen-bond donors (Lipinski definition) is 2. The van der Waals surface area contributed by atoms with E-state index in [0.717, 1.165) is 19.4 Å². The molecule has 0 aromatic carbocycles. The summed E-state index contributed by atoms with van der Waals surface area (Å²) in [6.07, 6.45) is 1.70. The van der Waals surface area contributed by atoms with Crippen molar-refractivity contribution in [1.82, 2.24) is 10.2 Å². The van der Waals surface area contributed by atoms with Crippen LogP contribution in [-0.4, -0.2) is 47.2 Å². The number of carbonyl (C=O) groups excluding carboxylic acids is 1. The highest BCUT2D eigenvalue weighted by atomic mass is 16.3. The molecular formula is C11H22N2O2. The zero-order valence-electron chi connectivity index (χ0n) is 9.92. The van der Waals surface area contributed by atoms with E-state index in [4.69, 9.17) is 0 Å². The Kier molecular flexibility index (Phi) is 4.11. The Morgan fingerprint density at radius 2 is 2.33 bits per heavy atom. The molecule has 0 aromatic rings. The molecule has 15 heavy (non-hydrogen) atoms. The molecule has 0 radical (unpaired) electrons. The van der Waals surface area contributed by atoms with Gasteiger partial charge in [-0.25, -0.2) is 0 Å². The van der Waals surface area contributed by atoms with Gasteiger partial charge < -0.3 is 10.4 Å². The van der Waals surface area contributed by atoms with Gasteiger partial charge in [-0.05, 0) is 26.7 Å². The minimum Gasteiger partial charge on any atom is -0.389 e. The van der Waals surface area contributed by atoms with Gasteiger partial charge in [0.05, 0.1) is 12.1 Å². The molecule has 1 fully saturated rings. The molecule has 1 aliphatic heterocycles. The smallest absolute Gasteiger partial charge is 0.234 e. The van der Waals surface area contributed by atoms with Crippen LogP contribution in [0.2, 0.25) is 0 Å². The second kappa shape index (κ2) is 4.94. The zero-order chi connectivity index (χ0) is 11.5. The Morgan fingerprint density at radius 1 is 1.67 bits per heavy atom. The van der Waals surface area contributed by atoms with Crippen molar-refractivity contribution in [3.8, 4) is 0 Å². The van der Waals surface area contributed by atoms with Crippen LogP contribution in [0.25, 0.3) is 0 Å². The molecule has 0 aliphatic carbocycles. The maximum atomic E-state index is 11.5. The van der Waals surface area contributed by atoms with E-state index >= 15 is 0 Å². The fraction of sp³-hybridized carbons (Fsp3) is 0.909. The summed E-state index contributed by atoms with van der Waals surface area (Å²) < 4.78 is 0. The molecule has 4 nitrogen and oxygen atoms in total. The molecule has 0 saturated carbocycles. The van der Waals surface area contributed by atoms with E-state index in [1.807, 2.05) is 25.7 Å². The van der Waals surface area contributed by atoms with Crippen molar-refractivity contribution in [2.24, 2.45) is 0 Å². The van der Waals surface area contributed by atoms with Crippen molar-refractivity contribution in [3.05, 3.63) is 0 Å². The number of rotatable bonds is 4. The van der Waals surface area contributed by atoms with Gasteiger partial charge in [-0.1, -0.05) is 6.92 Å². The normalized spacial score (nSPS) is 29.1. The highest BCUT2D eigenvalue weighted by Gasteiger charge is 2.31. The van der Waals surface area contributed by atoms with Gasteiger partial charge in [0.1, 0.15) is 0 Å². The molecule has 0 aromatic heterocycles. The van der Waals surface area contributed by atoms with Crippen LogP contribution in [0.4, 0.5) is 0 Å². The molecular weight excluding hydrogens is 192 g/mol. The summed E-state index contributed by atoms with van der Waals surface area (Å²) in [5, 5.41) is 12.7. The molecule has 0 spiro atoms. The van der Waals surface area contributed by atoms with E-state index in [1.54, 1.807) is 0 Å². The number of likely N-dealkylation sites (tertiary alicyclic amines) is 1. The van der Waals surface area contributed by atoms with Crippen molar-refractivity contribution < 1.29 is 9.90 Å². The van der Waals surface area contributed by atoms with Crippen LogP contribution in [0.3, 0.4) is 0 Å². The fourth-order valence-corrected chi connectivity index (χ4v) is 1.80. The number of aliphatic hydroxyl groups is 1. The summed E-state index contributed by atoms with van der Waals surface area (Å²) in [6, 6.07) is 0.237. The summed E-state index contributed by atoms with van der Waals surface area (Å²) >= 11 is 0. The average molecular weight is 214 g/mol. The Bertz CT molecular complexity index is 229. The maximum Gasteiger partial charge on any atom is 0.234 e. The molecule has 2 N–H and O–H groups in total. The summed E-state index contributed by atoms with van der Waals surface area (Å²) in [7, 11) is 0. The third kappa shape index (κ3) is 4.18. The van der Waals surface area contributed by atoms with Crippen LogP contribution in [0.15, 0.2) is 0 Å². The number of nitrogens with zero attached hydrogens (tertiary/aromatic N) is 1. The number of carbonyl (C=O) groups is 1. The van der Waals surface area contributed by atoms with E-state index in [0.29, 0.717) is 13.1 Å². The Balaban J connectivity index is 2.28. The van der Waals surface area contributed by atoms with E-state index in [9.17, 15) is 9.90 Å². The first-order valence-corrected chi connectivity index (χ1v) is 5.67. The highest BCUT2D eigenvalue weighted by Crippen LogP contribution is 2.19. The van der Waals surface area contributed by atoms with E-state index < -0.39 is 5.60 Å². The first-order chi connectivity index (χ1) is 6.93. The SMILES string of the molecule is CCC(C)NC(=O)CN1CCC(C)(O)C1. The Labute approximate surface area is 91.6 Å². The maximum absolute atomic E-state index is 11.5. The molecule has 1 amide bonds. The number of β-amino-alcohol motifs (C(OH)–C–C–N with tert-alkyl or cyclic N) is 1. The van der Waals surface area contributed by atoms with Gasteiger partial charge in [-0.2, -0.15) is 0 Å². The molecule has 4 heteroatoms. The van der Waals surface area contributed by atoms with Crippen molar-refractivity contribution in [2.45, 2.75) is 45.3 Å². The minimum atomic E-state index is -0.614. The quantitative estimate of drug-likeness (QED) is 0.710. The first kappa shape index (κ1) is 12.5. The topological polar surface area (TPSA) is 52.6 Å². The third-order valence-electron chi connectivity index (χ3n) is 2.92. The van der Waals surface area contributed by atoms with Gasteiger partial charge in [-0.15, -0.1) is 0 Å². The summed E-state index contributed by atoms with van der Waals surface area (Å²) in [5.41, 5.74) is -0.614. The second-order valence-electron chi connectivity index (χ2n) is 4.83. The zero-order valence-corrected chi connectivity index (χ0v) is 9.92. The lowest BCUT2D eigenvalue weighted by atomic mass is 10.1. The standard InChI is InChI=1S/C11H22N2O2/c1-4-9(2)12-10(14)7-13-6-5-11(3,15)8-13/h9,15H,4-8H2,1-3H3,(H,12,14). The van der Waals surface area contributed by atoms with Crippen molar-refractivity contribution in [1.29, 1.82) is 0 Å². The molecule has 1 rings (SSSR count). The monoisotopic (exact) mass is 214 g/mol. The van der Waals surface area contributed by atoms with Gasteiger partial charge >= 0.3 is 0 Å². The lowest BCUT2D eigenvalue weighted by Crippen LogP contribution is -2.41. The average Bonchev–Trinajstić information content (AvgIpc) is 2.44. The fourth-order valence-electron chi connectivity index (χ4n) is 1.80. The van der Waals surface area contributed by atoms with E-state index in [-0.39, 0.29) is 11.9 Å². The molecule has 1 saturated heterocycles. The molecule has 2 atom stereocenters. The van der Waals surface area contributed by atoms with Crippen LogP contribution >= 0.6 is 0 Å². The summed E-state index contributed by atoms with van der Waals surface area (Å²) in [6.45, 7) is 7.67. The summed E-state index contributed by atoms with van der Waals surface area (Å²) in [4.78, 5) is 13.5. The number of hydrogen-bond acceptors (Lipinski definition) is 3. The van der Waals surface area contributed by atoms with Gasteiger partial charge in [-0.3, -0.25) is 9.69 Å². The van der Waals surface area contributed by atoms with Crippen LogP contribution in [0.5, 0.6) is 0 Å². The second-order valence-corrected chi connectivity index (χ2v) is 4.83. The largest absolute Gasteiger partial charge is 0.389 e. The van der Waals surface area contributed by atoms with Crippen LogP contribution in [0.1, 0.15) is 33.6 Å². The number of amides is 1. The molecule has 2 unspecified atom stereocenters. The lowest BCUT2D eigenvalue weighted by Gasteiger charge is -2.19. The summed E-state index contributed by atoms with van der Waals surface area (Å²) in [5.74, 6) is 0.0575. The molecule has 88 valence electrons. The minimum absolute atomic E-state index is 0.0575. The number of nitrogens with one attached hydrogen (secondary N) is 1. The molecule has 1 aliphatic rings. The van der Waals surface area contributed by atoms with Crippen LogP contribution in [0, 0.1) is 0 Å². The van der Waals surface area contributed by atoms with E-state index in [1.165, 1.54) is 0 Å². The van der Waals surface area contributed by atoms with Crippen molar-refractivity contribution in [2.75, 3.05) is 19.6 Å². The highest BCUT2D eigenvalue weighted by molar-refractivity contribution is 5.78. The first-order valence-electron chi connectivity index (χ1n) is 5.67. The Hall–Kier alpha value is -0.610. The lowest BCUT2D eigenvalue weighted by molar-refractivity contribution is -0.122. The van der Waals surface area contributed by atoms with E-state index in [2.05, 4.69) is 5.32 Å². The predicted molar refractivity (Wildman–Crippen MR) is 59.6 cm³/mol. The van der Waals surface area contributed by atoms with Gasteiger partial charge in [0, 0.05) is 19.1 Å². The van der Waals surface area contributed by atoms with Crippen molar-refractivity contribution in [3.63, 3.8) is 0 Å². The van der Waals surface area contributed by atoms with Crippen molar-refractivity contribution >= 4 is 5.91 Å². The van der Waals surface area contributed by atoms with Gasteiger partial charge in [0.25, 0.3) is 0 Å². The molecule has 0 bridgehead atoms. The Morgan fingerprint density at radius 3 is 2.80 bits per heavy atom.